The smallest absolute Gasteiger partial charge is 0.330 e. The number of aldehydes is 1. The molecule has 0 aliphatic carbocycles. The SMILES string of the molecule is Cc1cn([C@H]2C[C@H](CC=O)[C@@H](CN3C(=O)c4ccccc4C3=O)O2)c(=O)[nH]c1=O. The molecule has 0 spiro atoms. The van der Waals surface area contributed by atoms with Crippen molar-refractivity contribution < 1.29 is 19.1 Å². The van der Waals surface area contributed by atoms with Crippen molar-refractivity contribution in [2.75, 3.05) is 6.54 Å². The zero-order chi connectivity index (χ0) is 20.7. The molecule has 1 aromatic carbocycles. The normalized spacial score (nSPS) is 23.5. The average molecular weight is 397 g/mol. The second kappa shape index (κ2) is 7.25. The van der Waals surface area contributed by atoms with E-state index in [2.05, 4.69) is 4.98 Å². The molecule has 29 heavy (non-hydrogen) atoms. The summed E-state index contributed by atoms with van der Waals surface area (Å²) in [5, 5.41) is 0. The Morgan fingerprint density at radius 2 is 1.79 bits per heavy atom. The summed E-state index contributed by atoms with van der Waals surface area (Å²) < 4.78 is 7.26. The van der Waals surface area contributed by atoms with Crippen LogP contribution in [0.4, 0.5) is 0 Å². The number of carbonyl (C=O) groups excluding carboxylic acids is 3. The number of fused-ring (bicyclic) bond motifs is 1. The highest BCUT2D eigenvalue weighted by Gasteiger charge is 2.42. The van der Waals surface area contributed by atoms with Gasteiger partial charge in [-0.3, -0.25) is 28.8 Å². The molecule has 2 aliphatic rings. The van der Waals surface area contributed by atoms with Gasteiger partial charge in [-0.25, -0.2) is 4.79 Å². The number of H-pyrrole nitrogens is 1. The molecule has 2 aromatic rings. The molecule has 1 aromatic heterocycles. The van der Waals surface area contributed by atoms with Gasteiger partial charge in [0, 0.05) is 18.2 Å². The van der Waals surface area contributed by atoms with E-state index in [1.54, 1.807) is 31.2 Å². The van der Waals surface area contributed by atoms with Crippen molar-refractivity contribution in [2.45, 2.75) is 32.1 Å². The summed E-state index contributed by atoms with van der Waals surface area (Å²) in [4.78, 5) is 63.6. The highest BCUT2D eigenvalue weighted by atomic mass is 16.5. The molecule has 9 heteroatoms. The van der Waals surface area contributed by atoms with Crippen molar-refractivity contribution in [1.29, 1.82) is 0 Å². The van der Waals surface area contributed by atoms with E-state index in [0.717, 1.165) is 11.2 Å². The minimum absolute atomic E-state index is 0.0154. The van der Waals surface area contributed by atoms with Crippen LogP contribution in [0, 0.1) is 12.8 Å². The quantitative estimate of drug-likeness (QED) is 0.584. The molecule has 9 nitrogen and oxygen atoms in total. The van der Waals surface area contributed by atoms with E-state index in [9.17, 15) is 24.0 Å². The molecule has 1 N–H and O–H groups in total. The Labute approximate surface area is 164 Å². The number of ether oxygens (including phenoxy) is 1. The predicted octanol–water partition coefficient (Wildman–Crippen LogP) is 0.634. The molecule has 0 saturated carbocycles. The average Bonchev–Trinajstić information content (AvgIpc) is 3.20. The second-order valence-electron chi connectivity index (χ2n) is 7.27. The lowest BCUT2D eigenvalue weighted by atomic mass is 9.97. The van der Waals surface area contributed by atoms with Crippen LogP contribution in [0.1, 0.15) is 45.3 Å². The van der Waals surface area contributed by atoms with Gasteiger partial charge in [-0.05, 0) is 31.4 Å². The van der Waals surface area contributed by atoms with E-state index >= 15 is 0 Å². The first-order valence-electron chi connectivity index (χ1n) is 9.27. The molecular formula is C20H19N3O6. The van der Waals surface area contributed by atoms with Crippen molar-refractivity contribution >= 4 is 18.1 Å². The lowest BCUT2D eigenvalue weighted by molar-refractivity contribution is -0.109. The van der Waals surface area contributed by atoms with Gasteiger partial charge in [0.05, 0.1) is 23.8 Å². The van der Waals surface area contributed by atoms with Gasteiger partial charge in [0.25, 0.3) is 17.4 Å². The topological polar surface area (TPSA) is 119 Å². The molecular weight excluding hydrogens is 378 g/mol. The third-order valence-corrected chi connectivity index (χ3v) is 5.46. The number of rotatable bonds is 5. The first kappa shape index (κ1) is 19.0. The van der Waals surface area contributed by atoms with E-state index in [-0.39, 0.29) is 18.9 Å². The zero-order valence-corrected chi connectivity index (χ0v) is 15.7. The maximum absolute atomic E-state index is 12.6. The Balaban J connectivity index is 1.59. The number of carbonyl (C=O) groups is 3. The van der Waals surface area contributed by atoms with Crippen LogP contribution >= 0.6 is 0 Å². The molecule has 2 aliphatic heterocycles. The third-order valence-electron chi connectivity index (χ3n) is 5.46. The number of hydrogen-bond donors (Lipinski definition) is 1. The van der Waals surface area contributed by atoms with Crippen molar-refractivity contribution in [3.63, 3.8) is 0 Å². The van der Waals surface area contributed by atoms with Crippen LogP contribution in [0.15, 0.2) is 40.1 Å². The van der Waals surface area contributed by atoms with Crippen molar-refractivity contribution in [1.82, 2.24) is 14.5 Å². The number of benzene rings is 1. The van der Waals surface area contributed by atoms with Gasteiger partial charge >= 0.3 is 5.69 Å². The van der Waals surface area contributed by atoms with Crippen molar-refractivity contribution in [3.8, 4) is 0 Å². The summed E-state index contributed by atoms with van der Waals surface area (Å²) in [7, 11) is 0. The van der Waals surface area contributed by atoms with Crippen LogP contribution in [0.5, 0.6) is 0 Å². The van der Waals surface area contributed by atoms with Gasteiger partial charge in [0.15, 0.2) is 0 Å². The fourth-order valence-corrected chi connectivity index (χ4v) is 3.91. The summed E-state index contributed by atoms with van der Waals surface area (Å²) in [5.74, 6) is -1.08. The number of aryl methyl sites for hydroxylation is 1. The largest absolute Gasteiger partial charge is 0.352 e. The molecule has 2 amide bonds. The number of nitrogens with zero attached hydrogens (tertiary/aromatic N) is 2. The Morgan fingerprint density at radius 1 is 1.14 bits per heavy atom. The molecule has 4 rings (SSSR count). The standard InChI is InChI=1S/C20H19N3O6/c1-11-9-22(20(28)21-17(11)25)16-8-12(6-7-24)15(29-16)10-23-18(26)13-4-2-3-5-14(13)19(23)27/h2-5,7,9,12,15-16H,6,8,10H2,1H3,(H,21,25,28)/t12-,15+,16+/m0/s1. The first-order valence-corrected chi connectivity index (χ1v) is 9.27. The molecule has 150 valence electrons. The maximum Gasteiger partial charge on any atom is 0.330 e. The van der Waals surface area contributed by atoms with Crippen molar-refractivity contribution in [3.05, 3.63) is 68.0 Å². The molecule has 3 atom stereocenters. The predicted molar refractivity (Wildman–Crippen MR) is 101 cm³/mol. The van der Waals surface area contributed by atoms with Crippen LogP contribution in [-0.2, 0) is 9.53 Å². The molecule has 3 heterocycles. The van der Waals surface area contributed by atoms with Gasteiger partial charge in [-0.1, -0.05) is 12.1 Å². The van der Waals surface area contributed by atoms with Crippen LogP contribution < -0.4 is 11.2 Å². The minimum Gasteiger partial charge on any atom is -0.352 e. The summed E-state index contributed by atoms with van der Waals surface area (Å²) in [6, 6.07) is 6.57. The van der Waals surface area contributed by atoms with Gasteiger partial charge in [-0.15, -0.1) is 0 Å². The number of aromatic amines is 1. The Hall–Kier alpha value is -3.33. The third kappa shape index (κ3) is 3.23. The summed E-state index contributed by atoms with van der Waals surface area (Å²) in [6.45, 7) is 1.56. The number of aromatic nitrogens is 2. The summed E-state index contributed by atoms with van der Waals surface area (Å²) in [6.07, 6.45) is 1.37. The highest BCUT2D eigenvalue weighted by Crippen LogP contribution is 2.36. The van der Waals surface area contributed by atoms with Crippen LogP contribution in [0.25, 0.3) is 0 Å². The van der Waals surface area contributed by atoms with E-state index in [4.69, 9.17) is 4.74 Å². The van der Waals surface area contributed by atoms with E-state index in [1.165, 1.54) is 10.8 Å². The number of hydrogen-bond acceptors (Lipinski definition) is 6. The molecule has 0 unspecified atom stereocenters. The fraction of sp³-hybridized carbons (Fsp3) is 0.350. The van der Waals surface area contributed by atoms with Crippen LogP contribution in [0.3, 0.4) is 0 Å². The van der Waals surface area contributed by atoms with Crippen LogP contribution in [0.2, 0.25) is 0 Å². The van der Waals surface area contributed by atoms with Crippen molar-refractivity contribution in [2.24, 2.45) is 5.92 Å². The minimum atomic E-state index is -0.705. The molecule has 0 bridgehead atoms. The second-order valence-corrected chi connectivity index (χ2v) is 7.27. The Kier molecular flexibility index (Phi) is 4.75. The van der Waals surface area contributed by atoms with E-state index in [1.807, 2.05) is 0 Å². The number of amides is 2. The molecule has 1 fully saturated rings. The summed E-state index contributed by atoms with van der Waals surface area (Å²) >= 11 is 0. The first-order chi connectivity index (χ1) is 13.9. The zero-order valence-electron chi connectivity index (χ0n) is 15.7. The van der Waals surface area contributed by atoms with Gasteiger partial charge in [0.1, 0.15) is 12.5 Å². The van der Waals surface area contributed by atoms with E-state index in [0.29, 0.717) is 23.1 Å². The lowest BCUT2D eigenvalue weighted by Crippen LogP contribution is -2.39. The maximum atomic E-state index is 12.6. The monoisotopic (exact) mass is 397 g/mol. The fourth-order valence-electron chi connectivity index (χ4n) is 3.91. The Bertz CT molecular complexity index is 1080. The molecule has 0 radical (unpaired) electrons. The number of imide groups is 1. The van der Waals surface area contributed by atoms with E-state index < -0.39 is 35.4 Å². The van der Waals surface area contributed by atoms with Gasteiger partial charge < -0.3 is 9.53 Å². The molecule has 1 saturated heterocycles. The Morgan fingerprint density at radius 3 is 2.41 bits per heavy atom. The highest BCUT2D eigenvalue weighted by molar-refractivity contribution is 6.21. The van der Waals surface area contributed by atoms with Gasteiger partial charge in [-0.2, -0.15) is 0 Å². The van der Waals surface area contributed by atoms with Gasteiger partial charge in [0.2, 0.25) is 0 Å². The number of nitrogens with one attached hydrogen (secondary N) is 1. The lowest BCUT2D eigenvalue weighted by Gasteiger charge is -2.22. The summed E-state index contributed by atoms with van der Waals surface area (Å²) in [5.41, 5.74) is -0.0602. The van der Waals surface area contributed by atoms with Crippen LogP contribution in [-0.4, -0.2) is 45.2 Å².